The summed E-state index contributed by atoms with van der Waals surface area (Å²) in [7, 11) is 1.39. The van der Waals surface area contributed by atoms with Gasteiger partial charge >= 0.3 is 5.97 Å². The lowest BCUT2D eigenvalue weighted by Gasteiger charge is -2.15. The van der Waals surface area contributed by atoms with Crippen LogP contribution in [-0.2, 0) is 17.0 Å². The molecule has 0 unspecified atom stereocenters. The molecule has 5 nitrogen and oxygen atoms in total. The number of rotatable bonds is 11. The van der Waals surface area contributed by atoms with Crippen LogP contribution in [0.25, 0.3) is 0 Å². The molecule has 0 atom stereocenters. The molecule has 1 N–H and O–H groups in total. The number of unbranched alkanes of at least 4 members (excludes halogenated alkanes) is 1. The van der Waals surface area contributed by atoms with Crippen LogP contribution in [0.4, 0.5) is 5.82 Å². The number of carbonyl (C=O) groups excluding carboxylic acids is 1. The van der Waals surface area contributed by atoms with E-state index in [-0.39, 0.29) is 0 Å². The summed E-state index contributed by atoms with van der Waals surface area (Å²) in [5.74, 6) is 1.73. The van der Waals surface area contributed by atoms with Gasteiger partial charge in [-0.05, 0) is 17.5 Å². The Labute approximate surface area is 192 Å². The van der Waals surface area contributed by atoms with Crippen LogP contribution in [0.15, 0.2) is 70.8 Å². The zero-order valence-electron chi connectivity index (χ0n) is 17.8. The van der Waals surface area contributed by atoms with E-state index in [9.17, 15) is 4.79 Å². The summed E-state index contributed by atoms with van der Waals surface area (Å²) in [4.78, 5) is 22.1. The Morgan fingerprint density at radius 1 is 0.968 bits per heavy atom. The number of carbonyl (C=O) groups is 1. The first-order valence-corrected chi connectivity index (χ1v) is 12.3. The molecule has 3 rings (SSSR count). The molecule has 0 spiro atoms. The molecule has 162 valence electrons. The van der Waals surface area contributed by atoms with Crippen LogP contribution < -0.4 is 5.32 Å². The molecule has 1 aromatic heterocycles. The topological polar surface area (TPSA) is 64.1 Å². The SMILES string of the molecule is CCCCSc1nc(NCc2ccccc2)c(C(=O)OC)c(SCc2ccccc2)n1. The Balaban J connectivity index is 1.91. The van der Waals surface area contributed by atoms with Crippen molar-refractivity contribution in [2.24, 2.45) is 0 Å². The number of anilines is 1. The van der Waals surface area contributed by atoms with Gasteiger partial charge in [-0.15, -0.1) is 11.8 Å². The van der Waals surface area contributed by atoms with Gasteiger partial charge in [-0.3, -0.25) is 0 Å². The smallest absolute Gasteiger partial charge is 0.344 e. The van der Waals surface area contributed by atoms with Crippen LogP contribution in [-0.4, -0.2) is 28.8 Å². The maximum Gasteiger partial charge on any atom is 0.344 e. The molecule has 0 radical (unpaired) electrons. The highest BCUT2D eigenvalue weighted by molar-refractivity contribution is 7.99. The lowest BCUT2D eigenvalue weighted by molar-refractivity contribution is 0.0596. The van der Waals surface area contributed by atoms with E-state index in [0.29, 0.717) is 33.9 Å². The lowest BCUT2D eigenvalue weighted by Crippen LogP contribution is -2.14. The number of thioether (sulfide) groups is 2. The molecule has 0 bridgehead atoms. The van der Waals surface area contributed by atoms with Crippen LogP contribution >= 0.6 is 23.5 Å². The second-order valence-electron chi connectivity index (χ2n) is 6.84. The molecular formula is C24H27N3O2S2. The van der Waals surface area contributed by atoms with Gasteiger partial charge in [0.25, 0.3) is 0 Å². The van der Waals surface area contributed by atoms with Crippen LogP contribution in [0, 0.1) is 0 Å². The van der Waals surface area contributed by atoms with E-state index in [2.05, 4.69) is 29.4 Å². The van der Waals surface area contributed by atoms with E-state index in [1.54, 1.807) is 11.8 Å². The zero-order chi connectivity index (χ0) is 21.9. The molecule has 2 aromatic carbocycles. The molecule has 0 fully saturated rings. The van der Waals surface area contributed by atoms with Gasteiger partial charge in [0.2, 0.25) is 0 Å². The minimum Gasteiger partial charge on any atom is -0.465 e. The van der Waals surface area contributed by atoms with Crippen LogP contribution in [0.3, 0.4) is 0 Å². The molecule has 0 aliphatic heterocycles. The number of nitrogens with one attached hydrogen (secondary N) is 1. The second-order valence-corrected chi connectivity index (χ2v) is 8.87. The monoisotopic (exact) mass is 453 g/mol. The molecule has 3 aromatic rings. The van der Waals surface area contributed by atoms with Gasteiger partial charge in [-0.1, -0.05) is 85.8 Å². The lowest BCUT2D eigenvalue weighted by atomic mass is 10.2. The Bertz CT molecular complexity index is 905. The predicted octanol–water partition coefficient (Wildman–Crippen LogP) is 6.06. The molecule has 7 heteroatoms. The van der Waals surface area contributed by atoms with E-state index >= 15 is 0 Å². The fraction of sp³-hybridized carbons (Fsp3) is 0.292. The van der Waals surface area contributed by atoms with E-state index in [1.165, 1.54) is 24.4 Å². The van der Waals surface area contributed by atoms with Crippen molar-refractivity contribution in [1.29, 1.82) is 0 Å². The summed E-state index contributed by atoms with van der Waals surface area (Å²) in [5.41, 5.74) is 2.66. The molecule has 0 saturated carbocycles. The number of aromatic nitrogens is 2. The largest absolute Gasteiger partial charge is 0.465 e. The number of ether oxygens (including phenoxy) is 1. The third-order valence-electron chi connectivity index (χ3n) is 4.50. The summed E-state index contributed by atoms with van der Waals surface area (Å²) in [6.45, 7) is 2.72. The van der Waals surface area contributed by atoms with Gasteiger partial charge in [0.05, 0.1) is 7.11 Å². The second kappa shape index (κ2) is 12.4. The highest BCUT2D eigenvalue weighted by Crippen LogP contribution is 2.32. The average molecular weight is 454 g/mol. The van der Waals surface area contributed by atoms with Crippen molar-refractivity contribution in [3.05, 3.63) is 77.4 Å². The summed E-state index contributed by atoms with van der Waals surface area (Å²) < 4.78 is 5.08. The number of esters is 1. The van der Waals surface area contributed by atoms with Crippen molar-refractivity contribution in [1.82, 2.24) is 9.97 Å². The number of hydrogen-bond donors (Lipinski definition) is 1. The van der Waals surface area contributed by atoms with E-state index in [1.807, 2.05) is 48.5 Å². The van der Waals surface area contributed by atoms with Crippen molar-refractivity contribution < 1.29 is 9.53 Å². The number of benzene rings is 2. The normalized spacial score (nSPS) is 10.6. The fourth-order valence-electron chi connectivity index (χ4n) is 2.82. The Morgan fingerprint density at radius 2 is 1.65 bits per heavy atom. The van der Waals surface area contributed by atoms with Gasteiger partial charge in [-0.25, -0.2) is 14.8 Å². The summed E-state index contributed by atoms with van der Waals surface area (Å²) in [5, 5.41) is 4.65. The van der Waals surface area contributed by atoms with Crippen LogP contribution in [0.5, 0.6) is 0 Å². The maximum atomic E-state index is 12.7. The molecule has 1 heterocycles. The van der Waals surface area contributed by atoms with Gasteiger partial charge < -0.3 is 10.1 Å². The van der Waals surface area contributed by atoms with E-state index in [4.69, 9.17) is 9.72 Å². The summed E-state index contributed by atoms with van der Waals surface area (Å²) >= 11 is 3.14. The summed E-state index contributed by atoms with van der Waals surface area (Å²) in [6, 6.07) is 20.2. The molecule has 0 aliphatic carbocycles. The first-order chi connectivity index (χ1) is 15.2. The molecule has 0 aliphatic rings. The van der Waals surface area contributed by atoms with Crippen molar-refractivity contribution in [2.45, 2.75) is 42.2 Å². The fourth-order valence-corrected chi connectivity index (χ4v) is 4.78. The predicted molar refractivity (Wildman–Crippen MR) is 129 cm³/mol. The minimum atomic E-state index is -0.434. The summed E-state index contributed by atoms with van der Waals surface area (Å²) in [6.07, 6.45) is 2.20. The van der Waals surface area contributed by atoms with Crippen LogP contribution in [0.1, 0.15) is 41.3 Å². The number of hydrogen-bond acceptors (Lipinski definition) is 7. The van der Waals surface area contributed by atoms with Crippen molar-refractivity contribution in [3.8, 4) is 0 Å². The number of methoxy groups -OCH3 is 1. The third kappa shape index (κ3) is 7.01. The zero-order valence-corrected chi connectivity index (χ0v) is 19.5. The standard InChI is InChI=1S/C24H27N3O2S2/c1-3-4-15-30-24-26-21(25-16-18-11-7-5-8-12-18)20(23(28)29-2)22(27-24)31-17-19-13-9-6-10-14-19/h5-14H,3-4,15-17H2,1-2H3,(H,25,26,27). The Hall–Kier alpha value is -2.51. The molecule has 31 heavy (non-hydrogen) atoms. The molecule has 0 saturated heterocycles. The van der Waals surface area contributed by atoms with Gasteiger partial charge in [0, 0.05) is 18.1 Å². The molecular weight excluding hydrogens is 426 g/mol. The minimum absolute atomic E-state index is 0.388. The first-order valence-electron chi connectivity index (χ1n) is 10.3. The Morgan fingerprint density at radius 3 is 2.29 bits per heavy atom. The van der Waals surface area contributed by atoms with Gasteiger partial charge in [-0.2, -0.15) is 0 Å². The highest BCUT2D eigenvalue weighted by atomic mass is 32.2. The van der Waals surface area contributed by atoms with Gasteiger partial charge in [0.15, 0.2) is 5.16 Å². The van der Waals surface area contributed by atoms with E-state index in [0.717, 1.165) is 24.2 Å². The Kier molecular flexibility index (Phi) is 9.24. The van der Waals surface area contributed by atoms with Crippen molar-refractivity contribution in [3.63, 3.8) is 0 Å². The molecule has 0 amide bonds. The van der Waals surface area contributed by atoms with Crippen LogP contribution in [0.2, 0.25) is 0 Å². The highest BCUT2D eigenvalue weighted by Gasteiger charge is 2.22. The maximum absolute atomic E-state index is 12.7. The third-order valence-corrected chi connectivity index (χ3v) is 6.48. The van der Waals surface area contributed by atoms with Crippen molar-refractivity contribution >= 4 is 35.3 Å². The number of nitrogens with zero attached hydrogens (tertiary/aromatic N) is 2. The average Bonchev–Trinajstić information content (AvgIpc) is 2.82. The van der Waals surface area contributed by atoms with E-state index < -0.39 is 5.97 Å². The quantitative estimate of drug-likeness (QED) is 0.124. The van der Waals surface area contributed by atoms with Gasteiger partial charge in [0.1, 0.15) is 16.4 Å². The van der Waals surface area contributed by atoms with Crippen molar-refractivity contribution in [2.75, 3.05) is 18.2 Å². The first kappa shape index (κ1) is 23.2.